The molecule has 0 bridgehead atoms. The Hall–Kier alpha value is 0.913. The van der Waals surface area contributed by atoms with Gasteiger partial charge in [0, 0.05) is 25.4 Å². The van der Waals surface area contributed by atoms with E-state index in [1.165, 1.54) is 103 Å². The van der Waals surface area contributed by atoms with Gasteiger partial charge in [-0.25, -0.2) is 0 Å². The van der Waals surface area contributed by atoms with Crippen molar-refractivity contribution in [1.29, 1.82) is 0 Å². The molecule has 0 unspecified atom stereocenters. The van der Waals surface area contributed by atoms with E-state index in [2.05, 4.69) is 6.92 Å². The van der Waals surface area contributed by atoms with Crippen LogP contribution in [0.5, 0.6) is 0 Å². The predicted octanol–water partition coefficient (Wildman–Crippen LogP) is 7.48. The maximum atomic E-state index is 5.66. The zero-order chi connectivity index (χ0) is 14.0. The van der Waals surface area contributed by atoms with Gasteiger partial charge in [0.25, 0.3) is 0 Å². The number of halogens is 1. The molecule has 0 saturated heterocycles. The van der Waals surface area contributed by atoms with Crippen molar-refractivity contribution in [2.75, 3.05) is 5.88 Å². The molecule has 0 aromatic heterocycles. The van der Waals surface area contributed by atoms with E-state index in [1.54, 1.807) is 0 Å². The average Bonchev–Trinajstić information content (AvgIpc) is 2.43. The fourth-order valence-corrected chi connectivity index (χ4v) is 2.83. The summed E-state index contributed by atoms with van der Waals surface area (Å²) in [6, 6.07) is 0. The van der Waals surface area contributed by atoms with Crippen LogP contribution in [0.1, 0.15) is 110 Å². The molecule has 0 atom stereocenters. The molecular weight excluding hydrogens is 317 g/mol. The molecule has 0 fully saturated rings. The summed E-state index contributed by atoms with van der Waals surface area (Å²) < 4.78 is 0. The predicted molar refractivity (Wildman–Crippen MR) is 90.3 cm³/mol. The normalized spacial score (nSPS) is 10.5. The number of alkyl halides is 1. The molecular formula is C18H37ClZn. The standard InChI is InChI=1S/C18H37Cl.Zn/c1-2-3-4-5-6-7-8-9-10-11-12-13-14-15-16-17-18-19;/h2-18H2,1H3;. The number of hydrogen-bond acceptors (Lipinski definition) is 0. The summed E-state index contributed by atoms with van der Waals surface area (Å²) >= 11 is 5.66. The van der Waals surface area contributed by atoms with Crippen LogP contribution in [0.4, 0.5) is 0 Å². The minimum absolute atomic E-state index is 0. The van der Waals surface area contributed by atoms with Gasteiger partial charge in [-0.2, -0.15) is 0 Å². The molecule has 0 amide bonds. The summed E-state index contributed by atoms with van der Waals surface area (Å²) in [5, 5.41) is 0. The molecule has 0 nitrogen and oxygen atoms in total. The Bertz CT molecular complexity index is 134. The van der Waals surface area contributed by atoms with Crippen molar-refractivity contribution in [3.8, 4) is 0 Å². The fourth-order valence-electron chi connectivity index (χ4n) is 2.64. The van der Waals surface area contributed by atoms with Gasteiger partial charge in [0.1, 0.15) is 0 Å². The molecule has 0 aliphatic heterocycles. The smallest absolute Gasteiger partial charge is 0.0223 e. The monoisotopic (exact) mass is 352 g/mol. The summed E-state index contributed by atoms with van der Waals surface area (Å²) in [6.07, 6.45) is 22.8. The van der Waals surface area contributed by atoms with Crippen LogP contribution < -0.4 is 0 Å². The Morgan fingerprint density at radius 2 is 0.700 bits per heavy atom. The SMILES string of the molecule is CCCCCCCCCCCCCCCCCCCl.[Zn]. The second-order valence-corrected chi connectivity index (χ2v) is 6.37. The Labute approximate surface area is 146 Å². The van der Waals surface area contributed by atoms with Crippen molar-refractivity contribution in [3.05, 3.63) is 0 Å². The van der Waals surface area contributed by atoms with Crippen molar-refractivity contribution >= 4 is 11.6 Å². The van der Waals surface area contributed by atoms with E-state index in [9.17, 15) is 0 Å². The molecule has 2 heteroatoms. The summed E-state index contributed by atoms with van der Waals surface area (Å²) in [5.74, 6) is 0.846. The minimum Gasteiger partial charge on any atom is -0.127 e. The van der Waals surface area contributed by atoms with Crippen LogP contribution in [0.3, 0.4) is 0 Å². The van der Waals surface area contributed by atoms with E-state index in [1.807, 2.05) is 0 Å². The van der Waals surface area contributed by atoms with E-state index in [0.29, 0.717) is 0 Å². The summed E-state index contributed by atoms with van der Waals surface area (Å²) in [4.78, 5) is 0. The summed E-state index contributed by atoms with van der Waals surface area (Å²) in [7, 11) is 0. The first-order valence-electron chi connectivity index (χ1n) is 8.97. The molecule has 0 N–H and O–H groups in total. The van der Waals surface area contributed by atoms with Crippen molar-refractivity contribution in [3.63, 3.8) is 0 Å². The molecule has 0 saturated carbocycles. The second-order valence-electron chi connectivity index (χ2n) is 5.99. The molecule has 0 aliphatic rings. The first-order valence-corrected chi connectivity index (χ1v) is 9.51. The van der Waals surface area contributed by atoms with Gasteiger partial charge in [-0.1, -0.05) is 103 Å². The van der Waals surface area contributed by atoms with E-state index < -0.39 is 0 Å². The topological polar surface area (TPSA) is 0 Å². The van der Waals surface area contributed by atoms with Crippen molar-refractivity contribution in [1.82, 2.24) is 0 Å². The Balaban J connectivity index is 0. The molecule has 0 aromatic rings. The van der Waals surface area contributed by atoms with Crippen LogP contribution in [0.25, 0.3) is 0 Å². The van der Waals surface area contributed by atoms with Crippen molar-refractivity contribution < 1.29 is 19.5 Å². The first-order chi connectivity index (χ1) is 9.41. The van der Waals surface area contributed by atoms with Crippen LogP contribution in [-0.2, 0) is 19.5 Å². The largest absolute Gasteiger partial charge is 0.127 e. The van der Waals surface area contributed by atoms with Crippen LogP contribution in [-0.4, -0.2) is 5.88 Å². The van der Waals surface area contributed by atoms with Crippen molar-refractivity contribution in [2.24, 2.45) is 0 Å². The van der Waals surface area contributed by atoms with Gasteiger partial charge in [-0.3, -0.25) is 0 Å². The van der Waals surface area contributed by atoms with Gasteiger partial charge in [0.2, 0.25) is 0 Å². The molecule has 118 valence electrons. The molecule has 0 aliphatic carbocycles. The van der Waals surface area contributed by atoms with Crippen LogP contribution >= 0.6 is 11.6 Å². The third-order valence-electron chi connectivity index (χ3n) is 3.99. The molecule has 0 spiro atoms. The van der Waals surface area contributed by atoms with Gasteiger partial charge in [0.05, 0.1) is 0 Å². The third kappa shape index (κ3) is 21.2. The molecule has 0 radical (unpaired) electrons. The number of rotatable bonds is 16. The van der Waals surface area contributed by atoms with Crippen LogP contribution in [0.15, 0.2) is 0 Å². The minimum atomic E-state index is 0. The average molecular weight is 354 g/mol. The molecule has 20 heavy (non-hydrogen) atoms. The molecule has 0 heterocycles. The Morgan fingerprint density at radius 1 is 0.450 bits per heavy atom. The second kappa shape index (κ2) is 22.2. The van der Waals surface area contributed by atoms with Gasteiger partial charge in [0.15, 0.2) is 0 Å². The van der Waals surface area contributed by atoms with Gasteiger partial charge in [-0.15, -0.1) is 11.6 Å². The number of unbranched alkanes of at least 4 members (excludes halogenated alkanes) is 15. The maximum Gasteiger partial charge on any atom is 0.0223 e. The van der Waals surface area contributed by atoms with E-state index >= 15 is 0 Å². The summed E-state index contributed by atoms with van der Waals surface area (Å²) in [6.45, 7) is 2.29. The maximum absolute atomic E-state index is 5.66. The zero-order valence-corrected chi connectivity index (χ0v) is 17.8. The number of hydrogen-bond donors (Lipinski definition) is 0. The van der Waals surface area contributed by atoms with Crippen molar-refractivity contribution in [2.45, 2.75) is 110 Å². The first kappa shape index (κ1) is 23.2. The fraction of sp³-hybridized carbons (Fsp3) is 1.00. The van der Waals surface area contributed by atoms with Crippen LogP contribution in [0, 0.1) is 0 Å². The Morgan fingerprint density at radius 3 is 0.950 bits per heavy atom. The third-order valence-corrected chi connectivity index (χ3v) is 4.25. The van der Waals surface area contributed by atoms with Crippen LogP contribution in [0.2, 0.25) is 0 Å². The quantitative estimate of drug-likeness (QED) is 0.153. The molecule has 0 rings (SSSR count). The van der Waals surface area contributed by atoms with Gasteiger partial charge < -0.3 is 0 Å². The Kier molecular flexibility index (Phi) is 25.7. The zero-order valence-electron chi connectivity index (χ0n) is 14.1. The van der Waals surface area contributed by atoms with Gasteiger partial charge >= 0.3 is 0 Å². The van der Waals surface area contributed by atoms with E-state index in [4.69, 9.17) is 11.6 Å². The van der Waals surface area contributed by atoms with E-state index in [-0.39, 0.29) is 19.5 Å². The van der Waals surface area contributed by atoms with Gasteiger partial charge in [-0.05, 0) is 6.42 Å². The molecule has 0 aromatic carbocycles. The summed E-state index contributed by atoms with van der Waals surface area (Å²) in [5.41, 5.74) is 0. The van der Waals surface area contributed by atoms with E-state index in [0.717, 1.165) is 5.88 Å².